The van der Waals surface area contributed by atoms with Crippen molar-refractivity contribution in [3.63, 3.8) is 0 Å². The molecule has 42 heavy (non-hydrogen) atoms. The van der Waals surface area contributed by atoms with E-state index in [2.05, 4.69) is 43.2 Å². The van der Waals surface area contributed by atoms with Crippen molar-refractivity contribution < 1.29 is 19.1 Å². The van der Waals surface area contributed by atoms with E-state index in [0.717, 1.165) is 56.6 Å². The van der Waals surface area contributed by atoms with Crippen LogP contribution in [0.1, 0.15) is 105 Å². The van der Waals surface area contributed by atoms with E-state index in [9.17, 15) is 9.59 Å². The lowest BCUT2D eigenvalue weighted by molar-refractivity contribution is -0.273. The molecule has 4 saturated carbocycles. The normalized spacial score (nSPS) is 47.8. The fourth-order valence-electron chi connectivity index (χ4n) is 11.5. The summed E-state index contributed by atoms with van der Waals surface area (Å²) in [6.45, 7) is 12.4. The Morgan fingerprint density at radius 2 is 1.69 bits per heavy atom. The Balaban J connectivity index is 1.04. The number of fused-ring (bicyclic) bond motifs is 7. The highest BCUT2D eigenvalue weighted by atomic mass is 16.7. The third kappa shape index (κ3) is 5.36. The second-order valence-corrected chi connectivity index (χ2v) is 16.4. The summed E-state index contributed by atoms with van der Waals surface area (Å²) in [6.07, 6.45) is 13.3. The van der Waals surface area contributed by atoms with Crippen molar-refractivity contribution in [2.24, 2.45) is 52.3 Å². The second-order valence-electron chi connectivity index (χ2n) is 16.4. The molecule has 2 amide bonds. The number of nitrogens with zero attached hydrogens (tertiary/aromatic N) is 1. The molecule has 4 aliphatic carbocycles. The highest BCUT2D eigenvalue weighted by molar-refractivity contribution is 5.96. The molecule has 2 heterocycles. The van der Waals surface area contributed by atoms with Crippen LogP contribution in [-0.2, 0) is 19.1 Å². The van der Waals surface area contributed by atoms with E-state index in [0.29, 0.717) is 47.2 Å². The van der Waals surface area contributed by atoms with Gasteiger partial charge in [0.1, 0.15) is 6.42 Å². The smallest absolute Gasteiger partial charge is 0.229 e. The lowest BCUT2D eigenvalue weighted by atomic mass is 9.44. The van der Waals surface area contributed by atoms with E-state index < -0.39 is 0 Å². The van der Waals surface area contributed by atoms with Crippen LogP contribution in [0.2, 0.25) is 0 Å². The van der Waals surface area contributed by atoms with Crippen molar-refractivity contribution in [1.29, 1.82) is 0 Å². The van der Waals surface area contributed by atoms with Crippen molar-refractivity contribution in [1.82, 2.24) is 15.5 Å². The molecule has 1 unspecified atom stereocenters. The Morgan fingerprint density at radius 3 is 2.43 bits per heavy atom. The minimum atomic E-state index is -0.327. The summed E-state index contributed by atoms with van der Waals surface area (Å²) in [7, 11) is 4.05. The fraction of sp³-hybridized carbons (Fsp3) is 0.943. The predicted molar refractivity (Wildman–Crippen MR) is 164 cm³/mol. The van der Waals surface area contributed by atoms with Crippen LogP contribution in [-0.4, -0.2) is 68.4 Å². The molecule has 6 fully saturated rings. The van der Waals surface area contributed by atoms with E-state index in [-0.39, 0.29) is 30.1 Å². The molecular formula is C35H59N3O4. The molecule has 2 N–H and O–H groups in total. The molecule has 12 atom stereocenters. The second kappa shape index (κ2) is 11.6. The number of hydrogen-bond acceptors (Lipinski definition) is 5. The molecule has 0 radical (unpaired) electrons. The van der Waals surface area contributed by atoms with Gasteiger partial charge in [0.05, 0.1) is 12.7 Å². The highest BCUT2D eigenvalue weighted by Crippen LogP contribution is 2.71. The zero-order valence-corrected chi connectivity index (χ0v) is 27.4. The van der Waals surface area contributed by atoms with Crippen LogP contribution in [0.25, 0.3) is 0 Å². The summed E-state index contributed by atoms with van der Waals surface area (Å²) in [6, 6.07) is 0.206. The molecule has 0 bridgehead atoms. The Labute approximate surface area is 255 Å². The van der Waals surface area contributed by atoms with Crippen LogP contribution in [0.5, 0.6) is 0 Å². The van der Waals surface area contributed by atoms with Gasteiger partial charge in [-0.05, 0) is 131 Å². The van der Waals surface area contributed by atoms with Crippen LogP contribution >= 0.6 is 0 Å². The predicted octanol–water partition coefficient (Wildman–Crippen LogP) is 5.38. The van der Waals surface area contributed by atoms with E-state index in [1.54, 1.807) is 0 Å². The molecule has 0 aromatic rings. The van der Waals surface area contributed by atoms with Crippen LogP contribution in [0.3, 0.4) is 0 Å². The molecule has 0 aromatic heterocycles. The molecule has 1 spiro atoms. The van der Waals surface area contributed by atoms with Gasteiger partial charge in [0.2, 0.25) is 11.8 Å². The van der Waals surface area contributed by atoms with Gasteiger partial charge in [0.25, 0.3) is 0 Å². The molecule has 0 aromatic carbocycles. The molecule has 6 aliphatic rings. The number of carbonyl (C=O) groups is 2. The van der Waals surface area contributed by atoms with Crippen LogP contribution in [0, 0.1) is 52.3 Å². The highest BCUT2D eigenvalue weighted by Gasteiger charge is 2.69. The summed E-state index contributed by atoms with van der Waals surface area (Å²) < 4.78 is 13.5. The fourth-order valence-corrected chi connectivity index (χ4v) is 11.5. The number of ether oxygens (including phenoxy) is 2. The Hall–Kier alpha value is -1.18. The van der Waals surface area contributed by atoms with E-state index >= 15 is 0 Å². The van der Waals surface area contributed by atoms with E-state index in [1.165, 1.54) is 44.9 Å². The van der Waals surface area contributed by atoms with Crippen molar-refractivity contribution in [3.05, 3.63) is 0 Å². The molecular weight excluding hydrogens is 526 g/mol. The van der Waals surface area contributed by atoms with E-state index in [4.69, 9.17) is 9.47 Å². The van der Waals surface area contributed by atoms with Gasteiger partial charge in [-0.15, -0.1) is 0 Å². The standard InChI is InChI=1S/C35H59N3O4/c1-22-10-15-35(41-21-22)23(2)32-29(42-35)19-28-26-9-8-24-18-25(11-13-33(24,3)27(26)12-14-34(28,32)4)37-31(40)20-30(39)36-16-7-17-38(5)6/h22-29,32H,7-21H2,1-6H3,(H,36,39)(H,37,40)/t22-,23-,24+,25?,26+,27-,28-,29-,32-,33-,34-,35+/m0/s1. The third-order valence-corrected chi connectivity index (χ3v) is 13.7. The van der Waals surface area contributed by atoms with Gasteiger partial charge < -0.3 is 25.0 Å². The zero-order valence-electron chi connectivity index (χ0n) is 27.4. The third-order valence-electron chi connectivity index (χ3n) is 13.7. The largest absolute Gasteiger partial charge is 0.356 e. The zero-order chi connectivity index (χ0) is 29.9. The first-order chi connectivity index (χ1) is 19.9. The molecule has 238 valence electrons. The summed E-state index contributed by atoms with van der Waals surface area (Å²) >= 11 is 0. The average molecular weight is 586 g/mol. The average Bonchev–Trinajstić information content (AvgIpc) is 3.38. The summed E-state index contributed by atoms with van der Waals surface area (Å²) in [5.74, 6) is 4.17. The molecule has 2 saturated heterocycles. The van der Waals surface area contributed by atoms with Gasteiger partial charge in [-0.25, -0.2) is 0 Å². The quantitative estimate of drug-likeness (QED) is 0.310. The molecule has 2 aliphatic heterocycles. The van der Waals surface area contributed by atoms with Gasteiger partial charge in [-0.1, -0.05) is 27.7 Å². The lowest BCUT2D eigenvalue weighted by Gasteiger charge is -2.61. The summed E-state index contributed by atoms with van der Waals surface area (Å²) in [4.78, 5) is 27.1. The van der Waals surface area contributed by atoms with Gasteiger partial charge in [0.15, 0.2) is 5.79 Å². The minimum Gasteiger partial charge on any atom is -0.356 e. The first-order valence-corrected chi connectivity index (χ1v) is 17.5. The molecule has 7 nitrogen and oxygen atoms in total. The van der Waals surface area contributed by atoms with Gasteiger partial charge in [-0.3, -0.25) is 9.59 Å². The maximum atomic E-state index is 12.7. The number of carbonyl (C=O) groups excluding carboxylic acids is 2. The Kier molecular flexibility index (Phi) is 8.54. The van der Waals surface area contributed by atoms with Gasteiger partial charge in [-0.2, -0.15) is 0 Å². The van der Waals surface area contributed by atoms with Crippen molar-refractivity contribution >= 4 is 11.8 Å². The van der Waals surface area contributed by atoms with Crippen molar-refractivity contribution in [2.45, 2.75) is 123 Å². The van der Waals surface area contributed by atoms with Crippen LogP contribution in [0.15, 0.2) is 0 Å². The van der Waals surface area contributed by atoms with Gasteiger partial charge in [0, 0.05) is 24.9 Å². The first kappa shape index (κ1) is 30.8. The van der Waals surface area contributed by atoms with Crippen LogP contribution in [0.4, 0.5) is 0 Å². The lowest BCUT2D eigenvalue weighted by Crippen LogP contribution is -2.56. The van der Waals surface area contributed by atoms with Gasteiger partial charge >= 0.3 is 0 Å². The van der Waals surface area contributed by atoms with Crippen molar-refractivity contribution in [2.75, 3.05) is 33.8 Å². The number of amides is 2. The summed E-state index contributed by atoms with van der Waals surface area (Å²) in [5, 5.41) is 6.15. The molecule has 7 heteroatoms. The SMILES string of the molecule is C[C@H]1CC[C@@]2(OC1)O[C@H]1C[C@H]3[C@@H]4CC[C@@H]5CC(NC(=O)CC(=O)NCCCN(C)C)CC[C@]5(C)[C@H]4CC[C@]3(C)[C@H]1[C@@H]2C. The Morgan fingerprint density at radius 1 is 0.905 bits per heavy atom. The maximum Gasteiger partial charge on any atom is 0.229 e. The van der Waals surface area contributed by atoms with E-state index in [1.807, 2.05) is 14.1 Å². The summed E-state index contributed by atoms with van der Waals surface area (Å²) in [5.41, 5.74) is 0.728. The molecule has 6 rings (SSSR count). The number of nitrogens with one attached hydrogen (secondary N) is 2. The first-order valence-electron chi connectivity index (χ1n) is 17.5. The minimum absolute atomic E-state index is 0.0560. The number of rotatable bonds is 7. The number of hydrogen-bond donors (Lipinski definition) is 2. The topological polar surface area (TPSA) is 79.9 Å². The maximum absolute atomic E-state index is 12.7. The van der Waals surface area contributed by atoms with Crippen LogP contribution < -0.4 is 10.6 Å². The van der Waals surface area contributed by atoms with Crippen molar-refractivity contribution in [3.8, 4) is 0 Å². The Bertz CT molecular complexity index is 1010. The monoisotopic (exact) mass is 585 g/mol.